The van der Waals surface area contributed by atoms with Crippen molar-refractivity contribution in [3.8, 4) is 11.8 Å². The molecule has 1 atom stereocenters. The van der Waals surface area contributed by atoms with Crippen LogP contribution in [0.15, 0.2) is 12.1 Å². The second-order valence-corrected chi connectivity index (χ2v) is 5.69. The van der Waals surface area contributed by atoms with Gasteiger partial charge in [0.25, 0.3) is 0 Å². The van der Waals surface area contributed by atoms with Gasteiger partial charge in [0, 0.05) is 0 Å². The van der Waals surface area contributed by atoms with Crippen LogP contribution >= 0.6 is 0 Å². The summed E-state index contributed by atoms with van der Waals surface area (Å²) in [6.07, 6.45) is 0. The van der Waals surface area contributed by atoms with Crippen LogP contribution in [0.5, 0.6) is 5.75 Å². The SMILES string of the molecule is CC(C)c1c(OCC(C)(N)C#N)ccc2c1B(O)OC2. The largest absolute Gasteiger partial charge is 0.492 e. The van der Waals surface area contributed by atoms with E-state index < -0.39 is 12.7 Å². The lowest BCUT2D eigenvalue weighted by Gasteiger charge is -2.21. The molecule has 5 nitrogen and oxygen atoms in total. The Labute approximate surface area is 119 Å². The van der Waals surface area contributed by atoms with Gasteiger partial charge in [-0.15, -0.1) is 0 Å². The Morgan fingerprint density at radius 2 is 2.30 bits per heavy atom. The minimum Gasteiger partial charge on any atom is -0.490 e. The maximum Gasteiger partial charge on any atom is 0.492 e. The third-order valence-corrected chi connectivity index (χ3v) is 3.34. The van der Waals surface area contributed by atoms with Crippen LogP contribution in [0.4, 0.5) is 0 Å². The number of nitrogens with zero attached hydrogens (tertiary/aromatic N) is 1. The molecular weight excluding hydrogens is 255 g/mol. The summed E-state index contributed by atoms with van der Waals surface area (Å²) in [4.78, 5) is 0. The molecule has 0 spiro atoms. The number of benzene rings is 1. The summed E-state index contributed by atoms with van der Waals surface area (Å²) in [5.41, 5.74) is 7.41. The van der Waals surface area contributed by atoms with Crippen molar-refractivity contribution < 1.29 is 14.4 Å². The van der Waals surface area contributed by atoms with E-state index in [0.717, 1.165) is 16.6 Å². The van der Waals surface area contributed by atoms with Gasteiger partial charge in [0.15, 0.2) is 0 Å². The zero-order valence-electron chi connectivity index (χ0n) is 12.0. The molecule has 1 unspecified atom stereocenters. The standard InChI is InChI=1S/C14H19BN2O3/c1-9(2)12-11(19-8-14(3,17)7-16)5-4-10-6-20-15(18)13(10)12/h4-5,9,18H,6,8,17H2,1-3H3. The average molecular weight is 274 g/mol. The first-order valence-electron chi connectivity index (χ1n) is 6.64. The monoisotopic (exact) mass is 274 g/mol. The lowest BCUT2D eigenvalue weighted by atomic mass is 9.73. The van der Waals surface area contributed by atoms with Crippen molar-refractivity contribution >= 4 is 12.6 Å². The van der Waals surface area contributed by atoms with Crippen molar-refractivity contribution in [2.24, 2.45) is 5.73 Å². The first-order valence-corrected chi connectivity index (χ1v) is 6.64. The van der Waals surface area contributed by atoms with Gasteiger partial charge >= 0.3 is 7.12 Å². The molecule has 0 amide bonds. The number of hydrogen-bond donors (Lipinski definition) is 2. The molecule has 0 fully saturated rings. The van der Waals surface area contributed by atoms with Crippen molar-refractivity contribution in [3.05, 3.63) is 23.3 Å². The van der Waals surface area contributed by atoms with E-state index in [2.05, 4.69) is 0 Å². The Morgan fingerprint density at radius 3 is 2.90 bits per heavy atom. The van der Waals surface area contributed by atoms with E-state index in [1.54, 1.807) is 6.92 Å². The maximum atomic E-state index is 9.95. The Morgan fingerprint density at radius 1 is 1.60 bits per heavy atom. The number of ether oxygens (including phenoxy) is 1. The van der Waals surface area contributed by atoms with Crippen LogP contribution < -0.4 is 15.9 Å². The summed E-state index contributed by atoms with van der Waals surface area (Å²) >= 11 is 0. The molecule has 0 saturated carbocycles. The highest BCUT2D eigenvalue weighted by molar-refractivity contribution is 6.62. The van der Waals surface area contributed by atoms with Crippen molar-refractivity contribution in [1.29, 1.82) is 5.26 Å². The maximum absolute atomic E-state index is 9.95. The van der Waals surface area contributed by atoms with Gasteiger partial charge in [-0.1, -0.05) is 19.9 Å². The van der Waals surface area contributed by atoms with Gasteiger partial charge in [0.05, 0.1) is 12.7 Å². The molecule has 0 aliphatic carbocycles. The summed E-state index contributed by atoms with van der Waals surface area (Å²) in [5, 5.41) is 18.9. The molecule has 0 aromatic heterocycles. The topological polar surface area (TPSA) is 88.5 Å². The Bertz CT molecular complexity index is 552. The zero-order valence-corrected chi connectivity index (χ0v) is 12.0. The molecule has 1 heterocycles. The molecule has 20 heavy (non-hydrogen) atoms. The highest BCUT2D eigenvalue weighted by Crippen LogP contribution is 2.29. The second kappa shape index (κ2) is 5.45. The van der Waals surface area contributed by atoms with Gasteiger partial charge in [-0.05, 0) is 35.5 Å². The van der Waals surface area contributed by atoms with Crippen LogP contribution in [0.1, 0.15) is 37.8 Å². The molecule has 3 N–H and O–H groups in total. The van der Waals surface area contributed by atoms with Gasteiger partial charge in [0.2, 0.25) is 0 Å². The van der Waals surface area contributed by atoms with Gasteiger partial charge < -0.3 is 20.1 Å². The van der Waals surface area contributed by atoms with Crippen molar-refractivity contribution in [1.82, 2.24) is 0 Å². The molecule has 1 aliphatic rings. The molecule has 106 valence electrons. The Kier molecular flexibility index (Phi) is 4.05. The average Bonchev–Trinajstić information content (AvgIpc) is 2.77. The van der Waals surface area contributed by atoms with Crippen LogP contribution in [0.25, 0.3) is 0 Å². The van der Waals surface area contributed by atoms with Crippen molar-refractivity contribution in [2.45, 2.75) is 38.8 Å². The minimum absolute atomic E-state index is 0.0962. The highest BCUT2D eigenvalue weighted by atomic mass is 16.5. The first-order chi connectivity index (χ1) is 9.35. The molecular formula is C14H19BN2O3. The normalized spacial score (nSPS) is 16.8. The van der Waals surface area contributed by atoms with E-state index in [1.807, 2.05) is 32.0 Å². The molecule has 0 bridgehead atoms. The smallest absolute Gasteiger partial charge is 0.490 e. The quantitative estimate of drug-likeness (QED) is 0.787. The number of nitrogens with two attached hydrogens (primary N) is 1. The Hall–Kier alpha value is -1.55. The van der Waals surface area contributed by atoms with E-state index in [-0.39, 0.29) is 12.5 Å². The number of fused-ring (bicyclic) bond motifs is 1. The predicted molar refractivity (Wildman–Crippen MR) is 76.6 cm³/mol. The summed E-state index contributed by atoms with van der Waals surface area (Å²) in [6, 6.07) is 5.73. The fourth-order valence-electron chi connectivity index (χ4n) is 2.31. The van der Waals surface area contributed by atoms with E-state index in [9.17, 15) is 5.02 Å². The molecule has 0 radical (unpaired) electrons. The number of rotatable bonds is 4. The van der Waals surface area contributed by atoms with E-state index in [1.165, 1.54) is 0 Å². The summed E-state index contributed by atoms with van der Waals surface area (Å²) in [5.74, 6) is 0.817. The van der Waals surface area contributed by atoms with Gasteiger partial charge in [-0.2, -0.15) is 5.26 Å². The van der Waals surface area contributed by atoms with Gasteiger partial charge in [0.1, 0.15) is 17.9 Å². The summed E-state index contributed by atoms with van der Waals surface area (Å²) in [6.45, 7) is 6.18. The highest BCUT2D eigenvalue weighted by Gasteiger charge is 2.33. The fourth-order valence-corrected chi connectivity index (χ4v) is 2.31. The third kappa shape index (κ3) is 2.80. The van der Waals surface area contributed by atoms with Crippen LogP contribution in [-0.2, 0) is 11.3 Å². The van der Waals surface area contributed by atoms with E-state index in [0.29, 0.717) is 12.4 Å². The van der Waals surface area contributed by atoms with Crippen molar-refractivity contribution in [2.75, 3.05) is 6.61 Å². The van der Waals surface area contributed by atoms with Crippen LogP contribution in [0, 0.1) is 11.3 Å². The molecule has 0 saturated heterocycles. The van der Waals surface area contributed by atoms with Gasteiger partial charge in [-0.3, -0.25) is 0 Å². The third-order valence-electron chi connectivity index (χ3n) is 3.34. The van der Waals surface area contributed by atoms with Crippen LogP contribution in [0.3, 0.4) is 0 Å². The van der Waals surface area contributed by atoms with Gasteiger partial charge in [-0.25, -0.2) is 0 Å². The lowest BCUT2D eigenvalue weighted by Crippen LogP contribution is -2.41. The van der Waals surface area contributed by atoms with E-state index >= 15 is 0 Å². The molecule has 6 heteroatoms. The number of nitriles is 1. The van der Waals surface area contributed by atoms with Crippen LogP contribution in [0.2, 0.25) is 0 Å². The lowest BCUT2D eigenvalue weighted by molar-refractivity contribution is 0.262. The number of hydrogen-bond acceptors (Lipinski definition) is 5. The fraction of sp³-hybridized carbons (Fsp3) is 0.500. The first kappa shape index (κ1) is 14.9. The minimum atomic E-state index is -1.04. The summed E-state index contributed by atoms with van der Waals surface area (Å²) < 4.78 is 11.0. The van der Waals surface area contributed by atoms with Crippen LogP contribution in [-0.4, -0.2) is 24.3 Å². The Balaban J connectivity index is 2.35. The molecule has 1 aromatic rings. The molecule has 1 aromatic carbocycles. The zero-order chi connectivity index (χ0) is 14.9. The van der Waals surface area contributed by atoms with E-state index in [4.69, 9.17) is 20.4 Å². The van der Waals surface area contributed by atoms with Crippen molar-refractivity contribution in [3.63, 3.8) is 0 Å². The molecule has 2 rings (SSSR count). The predicted octanol–water partition coefficient (Wildman–Crippen LogP) is 0.647. The second-order valence-electron chi connectivity index (χ2n) is 5.69. The summed E-state index contributed by atoms with van der Waals surface area (Å²) in [7, 11) is -0.911. The molecule has 1 aliphatic heterocycles.